The molecule has 7 heteroatoms. The van der Waals surface area contributed by atoms with E-state index in [0.717, 1.165) is 16.6 Å². The minimum absolute atomic E-state index is 0.187. The number of carbonyl (C=O) groups is 1. The third-order valence-corrected chi connectivity index (χ3v) is 4.60. The van der Waals surface area contributed by atoms with Crippen molar-refractivity contribution in [3.05, 3.63) is 83.9 Å². The topological polar surface area (TPSA) is 69.0 Å². The molecule has 0 aliphatic heterocycles. The molecule has 4 rings (SSSR count). The van der Waals surface area contributed by atoms with Gasteiger partial charge in [-0.15, -0.1) is 0 Å². The lowest BCUT2D eigenvalue weighted by Crippen LogP contribution is -2.12. The standard InChI is InChI=1S/C23H21FN4O2/c1-15(2)28-22-17(13-26-28)10-18(12-25-22)23(29)27-20-4-3-5-21(11-20)30-14-16-6-8-19(24)9-7-16/h3-13,15H,14H2,1-2H3,(H,27,29). The number of hydrogen-bond acceptors (Lipinski definition) is 4. The van der Waals surface area contributed by atoms with Crippen LogP contribution in [0.5, 0.6) is 5.75 Å². The van der Waals surface area contributed by atoms with Gasteiger partial charge < -0.3 is 10.1 Å². The lowest BCUT2D eigenvalue weighted by molar-refractivity contribution is 0.102. The molecule has 0 radical (unpaired) electrons. The molecular formula is C23H21FN4O2. The Morgan fingerprint density at radius 3 is 2.70 bits per heavy atom. The molecule has 30 heavy (non-hydrogen) atoms. The second kappa shape index (κ2) is 8.32. The molecule has 2 aromatic carbocycles. The third kappa shape index (κ3) is 4.30. The molecule has 0 saturated heterocycles. The second-order valence-corrected chi connectivity index (χ2v) is 7.22. The van der Waals surface area contributed by atoms with E-state index in [1.165, 1.54) is 12.1 Å². The van der Waals surface area contributed by atoms with Crippen LogP contribution in [0.15, 0.2) is 67.0 Å². The Morgan fingerprint density at radius 2 is 1.93 bits per heavy atom. The van der Waals surface area contributed by atoms with Gasteiger partial charge >= 0.3 is 0 Å². The first-order chi connectivity index (χ1) is 14.5. The summed E-state index contributed by atoms with van der Waals surface area (Å²) in [6.45, 7) is 4.36. The van der Waals surface area contributed by atoms with Crippen molar-refractivity contribution in [2.24, 2.45) is 0 Å². The number of halogens is 1. The van der Waals surface area contributed by atoms with E-state index in [2.05, 4.69) is 15.4 Å². The summed E-state index contributed by atoms with van der Waals surface area (Å²) in [5.74, 6) is 0.0500. The first-order valence-corrected chi connectivity index (χ1v) is 9.61. The van der Waals surface area contributed by atoms with Crippen LogP contribution in [0.25, 0.3) is 11.0 Å². The number of aromatic nitrogens is 3. The average Bonchev–Trinajstić information content (AvgIpc) is 3.17. The van der Waals surface area contributed by atoms with Crippen molar-refractivity contribution in [2.45, 2.75) is 26.5 Å². The van der Waals surface area contributed by atoms with E-state index in [0.29, 0.717) is 23.6 Å². The zero-order chi connectivity index (χ0) is 21.1. The maximum absolute atomic E-state index is 13.0. The van der Waals surface area contributed by atoms with E-state index in [-0.39, 0.29) is 17.8 Å². The summed E-state index contributed by atoms with van der Waals surface area (Å²) < 4.78 is 20.6. The predicted molar refractivity (Wildman–Crippen MR) is 113 cm³/mol. The van der Waals surface area contributed by atoms with E-state index in [1.54, 1.807) is 54.9 Å². The van der Waals surface area contributed by atoms with Crippen LogP contribution in [0, 0.1) is 5.82 Å². The molecule has 0 unspecified atom stereocenters. The normalized spacial score (nSPS) is 11.1. The van der Waals surface area contributed by atoms with Gasteiger partial charge in [0.25, 0.3) is 5.91 Å². The van der Waals surface area contributed by atoms with Crippen molar-refractivity contribution in [1.82, 2.24) is 14.8 Å². The highest BCUT2D eigenvalue weighted by atomic mass is 19.1. The van der Waals surface area contributed by atoms with Gasteiger partial charge in [0, 0.05) is 29.4 Å². The van der Waals surface area contributed by atoms with Crippen molar-refractivity contribution >= 4 is 22.6 Å². The first-order valence-electron chi connectivity index (χ1n) is 9.61. The summed E-state index contributed by atoms with van der Waals surface area (Å²) in [4.78, 5) is 17.1. The summed E-state index contributed by atoms with van der Waals surface area (Å²) in [6, 6.07) is 15.2. The van der Waals surface area contributed by atoms with Gasteiger partial charge in [0.15, 0.2) is 5.65 Å². The average molecular weight is 404 g/mol. The minimum Gasteiger partial charge on any atom is -0.489 e. The molecule has 0 aliphatic carbocycles. The molecule has 0 fully saturated rings. The molecule has 2 heterocycles. The fraction of sp³-hybridized carbons (Fsp3) is 0.174. The Balaban J connectivity index is 1.44. The molecular weight excluding hydrogens is 383 g/mol. The maximum Gasteiger partial charge on any atom is 0.257 e. The Kier molecular flexibility index (Phi) is 5.43. The quantitative estimate of drug-likeness (QED) is 0.492. The van der Waals surface area contributed by atoms with Crippen LogP contribution in [-0.2, 0) is 6.61 Å². The lowest BCUT2D eigenvalue weighted by atomic mass is 10.2. The number of anilines is 1. The predicted octanol–water partition coefficient (Wildman–Crippen LogP) is 4.98. The molecule has 0 atom stereocenters. The smallest absolute Gasteiger partial charge is 0.257 e. The molecule has 0 saturated carbocycles. The second-order valence-electron chi connectivity index (χ2n) is 7.22. The third-order valence-electron chi connectivity index (χ3n) is 4.60. The molecule has 152 valence electrons. The molecule has 6 nitrogen and oxygen atoms in total. The van der Waals surface area contributed by atoms with Crippen LogP contribution in [0.3, 0.4) is 0 Å². The van der Waals surface area contributed by atoms with Crippen LogP contribution in [0.2, 0.25) is 0 Å². The van der Waals surface area contributed by atoms with Crippen LogP contribution < -0.4 is 10.1 Å². The lowest BCUT2D eigenvalue weighted by Gasteiger charge is -2.10. The van der Waals surface area contributed by atoms with Gasteiger partial charge in [0.1, 0.15) is 18.2 Å². The van der Waals surface area contributed by atoms with Gasteiger partial charge in [0.2, 0.25) is 0 Å². The van der Waals surface area contributed by atoms with E-state index in [9.17, 15) is 9.18 Å². The van der Waals surface area contributed by atoms with Gasteiger partial charge in [-0.1, -0.05) is 18.2 Å². The number of carbonyl (C=O) groups excluding carboxylic acids is 1. The maximum atomic E-state index is 13.0. The van der Waals surface area contributed by atoms with Gasteiger partial charge in [0.05, 0.1) is 11.8 Å². The zero-order valence-corrected chi connectivity index (χ0v) is 16.7. The van der Waals surface area contributed by atoms with Crippen molar-refractivity contribution in [3.8, 4) is 5.75 Å². The summed E-state index contributed by atoms with van der Waals surface area (Å²) in [5, 5.41) is 8.00. The number of hydrogen-bond donors (Lipinski definition) is 1. The number of rotatable bonds is 6. The Morgan fingerprint density at radius 1 is 1.13 bits per heavy atom. The number of benzene rings is 2. The van der Waals surface area contributed by atoms with Crippen LogP contribution in [-0.4, -0.2) is 20.7 Å². The van der Waals surface area contributed by atoms with Crippen molar-refractivity contribution in [2.75, 3.05) is 5.32 Å². The number of nitrogens with one attached hydrogen (secondary N) is 1. The van der Waals surface area contributed by atoms with Crippen LogP contribution in [0.1, 0.15) is 35.8 Å². The SMILES string of the molecule is CC(C)n1ncc2cc(C(=O)Nc3cccc(OCc4ccc(F)cc4)c3)cnc21. The van der Waals surface area contributed by atoms with Crippen molar-refractivity contribution in [1.29, 1.82) is 0 Å². The summed E-state index contributed by atoms with van der Waals surface area (Å²) >= 11 is 0. The highest BCUT2D eigenvalue weighted by Gasteiger charge is 2.12. The molecule has 1 N–H and O–H groups in total. The molecule has 0 spiro atoms. The highest BCUT2D eigenvalue weighted by molar-refractivity contribution is 6.05. The fourth-order valence-electron chi connectivity index (χ4n) is 3.06. The van der Waals surface area contributed by atoms with E-state index in [1.807, 2.05) is 18.5 Å². The Hall–Kier alpha value is -3.74. The Bertz CT molecular complexity index is 1190. The summed E-state index contributed by atoms with van der Waals surface area (Å²) in [5.41, 5.74) is 2.66. The van der Waals surface area contributed by atoms with E-state index in [4.69, 9.17) is 4.74 Å². The van der Waals surface area contributed by atoms with Crippen LogP contribution in [0.4, 0.5) is 10.1 Å². The molecule has 0 bridgehead atoms. The van der Waals surface area contributed by atoms with E-state index >= 15 is 0 Å². The fourth-order valence-corrected chi connectivity index (χ4v) is 3.06. The first kappa shape index (κ1) is 19.6. The number of ether oxygens (including phenoxy) is 1. The van der Waals surface area contributed by atoms with Gasteiger partial charge in [-0.25, -0.2) is 14.1 Å². The minimum atomic E-state index is -0.285. The number of fused-ring (bicyclic) bond motifs is 1. The number of nitrogens with zero attached hydrogens (tertiary/aromatic N) is 3. The van der Waals surface area contributed by atoms with Crippen molar-refractivity contribution in [3.63, 3.8) is 0 Å². The van der Waals surface area contributed by atoms with Crippen molar-refractivity contribution < 1.29 is 13.9 Å². The monoisotopic (exact) mass is 404 g/mol. The molecule has 2 aromatic heterocycles. The van der Waals surface area contributed by atoms with E-state index < -0.39 is 0 Å². The Labute approximate surface area is 173 Å². The summed E-state index contributed by atoms with van der Waals surface area (Å²) in [7, 11) is 0. The summed E-state index contributed by atoms with van der Waals surface area (Å²) in [6.07, 6.45) is 3.26. The molecule has 1 amide bonds. The zero-order valence-electron chi connectivity index (χ0n) is 16.7. The molecule has 0 aliphatic rings. The van der Waals surface area contributed by atoms with Gasteiger partial charge in [-0.3, -0.25) is 4.79 Å². The largest absolute Gasteiger partial charge is 0.489 e. The molecule has 4 aromatic rings. The van der Waals surface area contributed by atoms with Crippen LogP contribution >= 0.6 is 0 Å². The number of amides is 1. The number of pyridine rings is 1. The van der Waals surface area contributed by atoms with Gasteiger partial charge in [-0.2, -0.15) is 5.10 Å². The van der Waals surface area contributed by atoms with Gasteiger partial charge in [-0.05, 0) is 49.7 Å². The highest BCUT2D eigenvalue weighted by Crippen LogP contribution is 2.21.